The second-order valence-electron chi connectivity index (χ2n) is 9.67. The number of benzene rings is 3. The predicted octanol–water partition coefficient (Wildman–Crippen LogP) is 6.34. The first-order valence-corrected chi connectivity index (χ1v) is 14.4. The van der Waals surface area contributed by atoms with E-state index in [-0.39, 0.29) is 24.3 Å². The first-order chi connectivity index (χ1) is 18.8. The Hall–Kier alpha value is -3.32. The van der Waals surface area contributed by atoms with Crippen molar-refractivity contribution in [2.24, 2.45) is 0 Å². The van der Waals surface area contributed by atoms with Crippen LogP contribution in [0.5, 0.6) is 11.5 Å². The summed E-state index contributed by atoms with van der Waals surface area (Å²) in [4.78, 5) is 29.1. The third kappa shape index (κ3) is 9.43. The summed E-state index contributed by atoms with van der Waals surface area (Å²) in [6.45, 7) is 9.12. The topological polar surface area (TPSA) is 67.9 Å². The molecule has 1 N–H and O–H groups in total. The lowest BCUT2D eigenvalue weighted by Gasteiger charge is -2.32. The molecule has 39 heavy (non-hydrogen) atoms. The minimum atomic E-state index is -0.652. The average Bonchev–Trinajstić information content (AvgIpc) is 2.91. The summed E-state index contributed by atoms with van der Waals surface area (Å²) in [6.07, 6.45) is 1.20. The Labute approximate surface area is 240 Å². The summed E-state index contributed by atoms with van der Waals surface area (Å²) in [6, 6.07) is 22.8. The Kier molecular flexibility index (Phi) is 11.9. The number of nitrogens with one attached hydrogen (secondary N) is 1. The van der Waals surface area contributed by atoms with Crippen LogP contribution >= 0.6 is 15.9 Å². The number of halogens is 1. The molecule has 0 fully saturated rings. The van der Waals surface area contributed by atoms with Gasteiger partial charge in [0.15, 0.2) is 11.5 Å². The van der Waals surface area contributed by atoms with Crippen LogP contribution in [0.25, 0.3) is 0 Å². The van der Waals surface area contributed by atoms with Gasteiger partial charge in [0.25, 0.3) is 0 Å². The lowest BCUT2D eigenvalue weighted by molar-refractivity contribution is -0.141. The number of carbonyl (C=O) groups excluding carboxylic acids is 2. The molecule has 0 saturated carbocycles. The van der Waals surface area contributed by atoms with Crippen LogP contribution < -0.4 is 14.8 Å². The van der Waals surface area contributed by atoms with E-state index in [1.54, 1.807) is 4.90 Å². The maximum absolute atomic E-state index is 13.9. The summed E-state index contributed by atoms with van der Waals surface area (Å²) in [5, 5.41) is 3.04. The molecule has 7 heteroatoms. The number of hydrogen-bond donors (Lipinski definition) is 1. The highest BCUT2D eigenvalue weighted by Gasteiger charge is 2.30. The molecule has 0 unspecified atom stereocenters. The van der Waals surface area contributed by atoms with Crippen molar-refractivity contribution in [2.75, 3.05) is 13.2 Å². The lowest BCUT2D eigenvalue weighted by Crippen LogP contribution is -2.51. The summed E-state index contributed by atoms with van der Waals surface area (Å²) in [5.74, 6) is 1.13. The number of carbonyl (C=O) groups is 2. The highest BCUT2D eigenvalue weighted by atomic mass is 79.9. The second-order valence-corrected chi connectivity index (χ2v) is 10.6. The Morgan fingerprint density at radius 3 is 2.21 bits per heavy atom. The van der Waals surface area contributed by atoms with Crippen LogP contribution in [0.2, 0.25) is 0 Å². The summed E-state index contributed by atoms with van der Waals surface area (Å²) < 4.78 is 12.4. The van der Waals surface area contributed by atoms with E-state index >= 15 is 0 Å². The molecule has 0 spiro atoms. The van der Waals surface area contributed by atoms with Gasteiger partial charge < -0.3 is 19.7 Å². The van der Waals surface area contributed by atoms with E-state index in [1.807, 2.05) is 100 Å². The number of rotatable bonds is 14. The molecule has 208 valence electrons. The molecule has 1 atom stereocenters. The van der Waals surface area contributed by atoms with Crippen molar-refractivity contribution < 1.29 is 19.1 Å². The van der Waals surface area contributed by atoms with Crippen molar-refractivity contribution in [1.29, 1.82) is 0 Å². The summed E-state index contributed by atoms with van der Waals surface area (Å²) >= 11 is 3.53. The quantitative estimate of drug-likeness (QED) is 0.236. The highest BCUT2D eigenvalue weighted by Crippen LogP contribution is 2.29. The van der Waals surface area contributed by atoms with Crippen molar-refractivity contribution in [2.45, 2.75) is 65.6 Å². The molecule has 0 radical (unpaired) electrons. The van der Waals surface area contributed by atoms with Crippen molar-refractivity contribution in [3.8, 4) is 11.5 Å². The largest absolute Gasteiger partial charge is 0.490 e. The number of aryl methyl sites for hydroxylation is 1. The number of hydrogen-bond acceptors (Lipinski definition) is 4. The van der Waals surface area contributed by atoms with Crippen LogP contribution in [-0.4, -0.2) is 42.0 Å². The van der Waals surface area contributed by atoms with Crippen LogP contribution in [0.1, 0.15) is 50.8 Å². The predicted molar refractivity (Wildman–Crippen MR) is 159 cm³/mol. The van der Waals surface area contributed by atoms with Crippen LogP contribution in [0.4, 0.5) is 0 Å². The van der Waals surface area contributed by atoms with Gasteiger partial charge in [-0.25, -0.2) is 0 Å². The molecular formula is C32H39BrN2O4. The smallest absolute Gasteiger partial charge is 0.243 e. The van der Waals surface area contributed by atoms with Gasteiger partial charge in [0.1, 0.15) is 6.04 Å². The SMILES string of the molecule is CCOc1ccc(CCC(=O)N(Cc2cccc(Br)c2)[C@H](Cc2ccccc2)C(=O)NC(C)C)cc1OCC. The fourth-order valence-corrected chi connectivity index (χ4v) is 4.86. The zero-order valence-electron chi connectivity index (χ0n) is 23.3. The van der Waals surface area contributed by atoms with E-state index in [0.717, 1.165) is 21.2 Å². The van der Waals surface area contributed by atoms with E-state index in [0.29, 0.717) is 44.1 Å². The van der Waals surface area contributed by atoms with E-state index in [9.17, 15) is 9.59 Å². The van der Waals surface area contributed by atoms with Crippen LogP contribution in [0.3, 0.4) is 0 Å². The molecule has 0 saturated heterocycles. The van der Waals surface area contributed by atoms with E-state index in [1.165, 1.54) is 0 Å². The fourth-order valence-electron chi connectivity index (χ4n) is 4.41. The van der Waals surface area contributed by atoms with Crippen molar-refractivity contribution >= 4 is 27.7 Å². The molecule has 0 aliphatic carbocycles. The first-order valence-electron chi connectivity index (χ1n) is 13.6. The van der Waals surface area contributed by atoms with Gasteiger partial charge >= 0.3 is 0 Å². The summed E-state index contributed by atoms with van der Waals surface area (Å²) in [5.41, 5.74) is 2.93. The summed E-state index contributed by atoms with van der Waals surface area (Å²) in [7, 11) is 0. The van der Waals surface area contributed by atoms with Gasteiger partial charge in [0, 0.05) is 29.9 Å². The molecular weight excluding hydrogens is 556 g/mol. The lowest BCUT2D eigenvalue weighted by atomic mass is 10.0. The molecule has 0 aromatic heterocycles. The van der Waals surface area contributed by atoms with Gasteiger partial charge in [-0.2, -0.15) is 0 Å². The Morgan fingerprint density at radius 2 is 1.54 bits per heavy atom. The Balaban J connectivity index is 1.90. The Morgan fingerprint density at radius 1 is 0.846 bits per heavy atom. The molecule has 0 aliphatic rings. The molecule has 3 rings (SSSR count). The standard InChI is InChI=1S/C32H39BrN2O4/c1-5-38-29-17-15-25(21-30(29)39-6-2)16-18-31(36)35(22-26-13-10-14-27(33)19-26)28(32(37)34-23(3)4)20-24-11-8-7-9-12-24/h7-15,17,19,21,23,28H,5-6,16,18,20,22H2,1-4H3,(H,34,37)/t28-/m1/s1. The normalized spacial score (nSPS) is 11.6. The van der Waals surface area contributed by atoms with Gasteiger partial charge in [-0.1, -0.05) is 64.5 Å². The van der Waals surface area contributed by atoms with Crippen LogP contribution in [0.15, 0.2) is 77.3 Å². The molecule has 3 aromatic carbocycles. The molecule has 3 aromatic rings. The zero-order valence-corrected chi connectivity index (χ0v) is 24.9. The van der Waals surface area contributed by atoms with E-state index in [4.69, 9.17) is 9.47 Å². The molecule has 0 heterocycles. The maximum Gasteiger partial charge on any atom is 0.243 e. The van der Waals surface area contributed by atoms with Crippen LogP contribution in [-0.2, 0) is 29.0 Å². The average molecular weight is 596 g/mol. The second kappa shape index (κ2) is 15.3. The zero-order chi connectivity index (χ0) is 28.2. The minimum Gasteiger partial charge on any atom is -0.490 e. The first kappa shape index (κ1) is 30.2. The fraction of sp³-hybridized carbons (Fsp3) is 0.375. The van der Waals surface area contributed by atoms with Gasteiger partial charge in [0.05, 0.1) is 13.2 Å². The number of nitrogens with zero attached hydrogens (tertiary/aromatic N) is 1. The van der Waals surface area contributed by atoms with Crippen molar-refractivity contribution in [3.63, 3.8) is 0 Å². The molecule has 2 amide bonds. The van der Waals surface area contributed by atoms with Gasteiger partial charge in [-0.05, 0) is 75.1 Å². The van der Waals surface area contributed by atoms with E-state index < -0.39 is 6.04 Å². The minimum absolute atomic E-state index is 0.0422. The van der Waals surface area contributed by atoms with Gasteiger partial charge in [-0.3, -0.25) is 9.59 Å². The van der Waals surface area contributed by atoms with Gasteiger partial charge in [-0.15, -0.1) is 0 Å². The monoisotopic (exact) mass is 594 g/mol. The Bertz CT molecular complexity index is 1220. The van der Waals surface area contributed by atoms with Crippen molar-refractivity contribution in [3.05, 3.63) is 94.0 Å². The molecule has 0 aliphatic heterocycles. The van der Waals surface area contributed by atoms with Crippen LogP contribution in [0, 0.1) is 0 Å². The molecule has 6 nitrogen and oxygen atoms in total. The number of amides is 2. The molecule has 0 bridgehead atoms. The third-order valence-corrected chi connectivity index (χ3v) is 6.67. The maximum atomic E-state index is 13.9. The van der Waals surface area contributed by atoms with E-state index in [2.05, 4.69) is 21.2 Å². The third-order valence-electron chi connectivity index (χ3n) is 6.18. The highest BCUT2D eigenvalue weighted by molar-refractivity contribution is 9.10. The van der Waals surface area contributed by atoms with Gasteiger partial charge in [0.2, 0.25) is 11.8 Å². The van der Waals surface area contributed by atoms with Crippen molar-refractivity contribution in [1.82, 2.24) is 10.2 Å². The number of ether oxygens (including phenoxy) is 2.